The Hall–Kier alpha value is -1.94. The molecule has 1 fully saturated rings. The Morgan fingerprint density at radius 2 is 2.00 bits per heavy atom. The fraction of sp³-hybridized carbons (Fsp3) is 0.381. The van der Waals surface area contributed by atoms with Gasteiger partial charge in [0.25, 0.3) is 0 Å². The van der Waals surface area contributed by atoms with Crippen LogP contribution in [0.2, 0.25) is 0 Å². The van der Waals surface area contributed by atoms with Crippen LogP contribution in [0.4, 0.5) is 10.5 Å². The molecule has 0 bridgehead atoms. The van der Waals surface area contributed by atoms with Crippen LogP contribution >= 0.6 is 11.8 Å². The Bertz CT molecular complexity index is 727. The summed E-state index contributed by atoms with van der Waals surface area (Å²) in [7, 11) is 0. The van der Waals surface area contributed by atoms with Crippen molar-refractivity contribution < 1.29 is 4.79 Å². The van der Waals surface area contributed by atoms with Gasteiger partial charge in [-0.15, -0.1) is 11.8 Å². The van der Waals surface area contributed by atoms with E-state index in [0.29, 0.717) is 5.92 Å². The summed E-state index contributed by atoms with van der Waals surface area (Å²) >= 11 is 1.83. The summed E-state index contributed by atoms with van der Waals surface area (Å²) in [5.41, 5.74) is 4.63. The van der Waals surface area contributed by atoms with Crippen molar-refractivity contribution in [2.75, 3.05) is 17.6 Å². The van der Waals surface area contributed by atoms with E-state index in [4.69, 9.17) is 0 Å². The van der Waals surface area contributed by atoms with E-state index in [0.717, 1.165) is 24.4 Å². The lowest BCUT2D eigenvalue weighted by Crippen LogP contribution is -2.34. The first-order valence-corrected chi connectivity index (χ1v) is 10.0. The van der Waals surface area contributed by atoms with Crippen LogP contribution in [-0.4, -0.2) is 23.2 Å². The maximum absolute atomic E-state index is 12.8. The Balaban J connectivity index is 1.73. The molecule has 132 valence electrons. The molecular formula is C21H26N2OS. The van der Waals surface area contributed by atoms with Crippen LogP contribution in [0, 0.1) is 0 Å². The number of hydrogen-bond acceptors (Lipinski definition) is 2. The lowest BCUT2D eigenvalue weighted by atomic mass is 10.0. The number of aryl methyl sites for hydroxylation is 1. The molecule has 3 nitrogen and oxygen atoms in total. The Labute approximate surface area is 154 Å². The molecular weight excluding hydrogens is 328 g/mol. The van der Waals surface area contributed by atoms with Crippen LogP contribution in [0.15, 0.2) is 48.5 Å². The second-order valence-corrected chi connectivity index (χ2v) is 7.91. The first-order valence-electron chi connectivity index (χ1n) is 8.96. The normalized spacial score (nSPS) is 17.1. The summed E-state index contributed by atoms with van der Waals surface area (Å²) in [6.45, 7) is 7.29. The zero-order valence-electron chi connectivity index (χ0n) is 15.2. The molecule has 1 atom stereocenters. The molecule has 0 saturated carbocycles. The SMILES string of the molecule is CCc1cccc(NC(=O)N2CCS[C@H]2c2ccc(C(C)C)cc2)c1. The lowest BCUT2D eigenvalue weighted by Gasteiger charge is -2.25. The molecule has 1 aliphatic heterocycles. The van der Waals surface area contributed by atoms with Gasteiger partial charge in [-0.3, -0.25) is 0 Å². The molecule has 2 aromatic rings. The van der Waals surface area contributed by atoms with Crippen molar-refractivity contribution in [3.63, 3.8) is 0 Å². The number of nitrogens with zero attached hydrogens (tertiary/aromatic N) is 1. The van der Waals surface area contributed by atoms with E-state index in [1.807, 2.05) is 34.9 Å². The van der Waals surface area contributed by atoms with E-state index in [-0.39, 0.29) is 11.4 Å². The summed E-state index contributed by atoms with van der Waals surface area (Å²) in [6, 6.07) is 16.7. The second-order valence-electron chi connectivity index (χ2n) is 6.72. The highest BCUT2D eigenvalue weighted by Crippen LogP contribution is 2.38. The fourth-order valence-corrected chi connectivity index (χ4v) is 4.32. The van der Waals surface area contributed by atoms with Gasteiger partial charge in [-0.25, -0.2) is 4.79 Å². The van der Waals surface area contributed by atoms with E-state index >= 15 is 0 Å². The van der Waals surface area contributed by atoms with E-state index in [9.17, 15) is 4.79 Å². The summed E-state index contributed by atoms with van der Waals surface area (Å²) < 4.78 is 0. The summed E-state index contributed by atoms with van der Waals surface area (Å²) in [6.07, 6.45) is 0.966. The van der Waals surface area contributed by atoms with E-state index in [1.165, 1.54) is 16.7 Å². The van der Waals surface area contributed by atoms with Gasteiger partial charge in [-0.1, -0.05) is 57.2 Å². The van der Waals surface area contributed by atoms with Crippen LogP contribution in [0.25, 0.3) is 0 Å². The molecule has 4 heteroatoms. The molecule has 2 amide bonds. The number of thioether (sulfide) groups is 1. The fourth-order valence-electron chi connectivity index (χ4n) is 3.06. The van der Waals surface area contributed by atoms with Gasteiger partial charge < -0.3 is 10.2 Å². The van der Waals surface area contributed by atoms with Crippen LogP contribution in [0.1, 0.15) is 48.8 Å². The zero-order valence-corrected chi connectivity index (χ0v) is 16.0. The number of nitrogens with one attached hydrogen (secondary N) is 1. The van der Waals surface area contributed by atoms with Crippen molar-refractivity contribution in [3.05, 3.63) is 65.2 Å². The lowest BCUT2D eigenvalue weighted by molar-refractivity contribution is 0.214. The standard InChI is InChI=1S/C21H26N2OS/c1-4-16-6-5-7-19(14-16)22-21(24)23-12-13-25-20(23)18-10-8-17(9-11-18)15(2)3/h5-11,14-15,20H,4,12-13H2,1-3H3,(H,22,24)/t20-/m0/s1. The number of hydrogen-bond donors (Lipinski definition) is 1. The maximum Gasteiger partial charge on any atom is 0.323 e. The van der Waals surface area contributed by atoms with Crippen molar-refractivity contribution in [2.24, 2.45) is 0 Å². The second kappa shape index (κ2) is 7.96. The van der Waals surface area contributed by atoms with Gasteiger partial charge in [0.1, 0.15) is 5.37 Å². The average molecular weight is 355 g/mol. The molecule has 1 saturated heterocycles. The predicted molar refractivity (Wildman–Crippen MR) is 107 cm³/mol. The van der Waals surface area contributed by atoms with Gasteiger partial charge in [0, 0.05) is 18.0 Å². The van der Waals surface area contributed by atoms with Crippen molar-refractivity contribution in [1.82, 2.24) is 4.90 Å². The molecule has 2 aromatic carbocycles. The van der Waals surface area contributed by atoms with Crippen LogP contribution in [0.5, 0.6) is 0 Å². The van der Waals surface area contributed by atoms with Gasteiger partial charge >= 0.3 is 6.03 Å². The molecule has 1 N–H and O–H groups in total. The van der Waals surface area contributed by atoms with Crippen LogP contribution in [-0.2, 0) is 6.42 Å². The van der Waals surface area contributed by atoms with Gasteiger partial charge in [0.2, 0.25) is 0 Å². The van der Waals surface area contributed by atoms with Crippen LogP contribution in [0.3, 0.4) is 0 Å². The molecule has 0 aromatic heterocycles. The van der Waals surface area contributed by atoms with Crippen molar-refractivity contribution in [3.8, 4) is 0 Å². The molecule has 1 heterocycles. The van der Waals surface area contributed by atoms with Gasteiger partial charge in [-0.2, -0.15) is 0 Å². The Kier molecular flexibility index (Phi) is 5.69. The number of amides is 2. The third-order valence-corrected chi connectivity index (χ3v) is 5.89. The van der Waals surface area contributed by atoms with Gasteiger partial charge in [-0.05, 0) is 41.2 Å². The molecule has 25 heavy (non-hydrogen) atoms. The molecule has 0 aliphatic carbocycles. The molecule has 0 radical (unpaired) electrons. The van der Waals surface area contributed by atoms with Crippen LogP contribution < -0.4 is 5.32 Å². The largest absolute Gasteiger partial charge is 0.323 e. The van der Waals surface area contributed by atoms with Gasteiger partial charge in [0.15, 0.2) is 0 Å². The predicted octanol–water partition coefficient (Wildman–Crippen LogP) is 5.65. The zero-order chi connectivity index (χ0) is 17.8. The number of carbonyl (C=O) groups is 1. The number of carbonyl (C=O) groups excluding carboxylic acids is 1. The quantitative estimate of drug-likeness (QED) is 0.769. The van der Waals surface area contributed by atoms with E-state index < -0.39 is 0 Å². The van der Waals surface area contributed by atoms with Crippen molar-refractivity contribution in [1.29, 1.82) is 0 Å². The highest BCUT2D eigenvalue weighted by atomic mass is 32.2. The number of rotatable bonds is 4. The minimum atomic E-state index is -0.0174. The highest BCUT2D eigenvalue weighted by molar-refractivity contribution is 7.99. The molecule has 3 rings (SSSR count). The minimum Gasteiger partial charge on any atom is -0.308 e. The van der Waals surface area contributed by atoms with E-state index in [1.54, 1.807) is 0 Å². The molecule has 0 unspecified atom stereocenters. The molecule has 0 spiro atoms. The summed E-state index contributed by atoms with van der Waals surface area (Å²) in [5.74, 6) is 1.49. The topological polar surface area (TPSA) is 32.3 Å². The smallest absolute Gasteiger partial charge is 0.308 e. The number of urea groups is 1. The third kappa shape index (κ3) is 4.18. The highest BCUT2D eigenvalue weighted by Gasteiger charge is 2.30. The monoisotopic (exact) mass is 354 g/mol. The third-order valence-electron chi connectivity index (χ3n) is 4.63. The summed E-state index contributed by atoms with van der Waals surface area (Å²) in [5, 5.41) is 3.15. The van der Waals surface area contributed by atoms with Crippen molar-refractivity contribution in [2.45, 2.75) is 38.5 Å². The van der Waals surface area contributed by atoms with Crippen molar-refractivity contribution >= 4 is 23.5 Å². The minimum absolute atomic E-state index is 0.0174. The Morgan fingerprint density at radius 1 is 1.24 bits per heavy atom. The first kappa shape index (κ1) is 17.9. The average Bonchev–Trinajstić information content (AvgIpc) is 3.12. The van der Waals surface area contributed by atoms with Gasteiger partial charge in [0.05, 0.1) is 0 Å². The Morgan fingerprint density at radius 3 is 2.68 bits per heavy atom. The molecule has 1 aliphatic rings. The number of benzene rings is 2. The number of anilines is 1. The first-order chi connectivity index (χ1) is 12.1. The summed E-state index contributed by atoms with van der Waals surface area (Å²) in [4.78, 5) is 14.7. The maximum atomic E-state index is 12.8. The van der Waals surface area contributed by atoms with E-state index in [2.05, 4.69) is 56.4 Å².